The fourth-order valence-corrected chi connectivity index (χ4v) is 3.22. The van der Waals surface area contributed by atoms with Crippen LogP contribution in [0.25, 0.3) is 11.1 Å². The quantitative estimate of drug-likeness (QED) is 0.249. The average Bonchev–Trinajstić information content (AvgIpc) is 2.81. The molecule has 0 unspecified atom stereocenters. The van der Waals surface area contributed by atoms with Gasteiger partial charge in [-0.05, 0) is 54.2 Å². The number of methoxy groups -OCH3 is 2. The summed E-state index contributed by atoms with van der Waals surface area (Å²) in [6, 6.07) is 36.7. The molecule has 0 aromatic heterocycles. The number of nitrogens with zero attached hydrogens (tertiary/aromatic N) is 1. The van der Waals surface area contributed by atoms with Crippen LogP contribution in [0.1, 0.15) is 0 Å². The van der Waals surface area contributed by atoms with E-state index in [1.165, 1.54) is 0 Å². The number of rotatable bonds is 6. The Morgan fingerprint density at radius 2 is 1.17 bits per heavy atom. The summed E-state index contributed by atoms with van der Waals surface area (Å²) in [4.78, 5) is 2.19. The molecule has 0 aliphatic carbocycles. The second-order valence-corrected chi connectivity index (χ2v) is 6.47. The minimum atomic E-state index is 0. The van der Waals surface area contributed by atoms with E-state index >= 15 is 0 Å². The van der Waals surface area contributed by atoms with Crippen LogP contribution in [0.15, 0.2) is 91.0 Å². The number of anilines is 3. The molecule has 153 valence electrons. The Morgan fingerprint density at radius 1 is 0.600 bits per heavy atom. The van der Waals surface area contributed by atoms with Crippen LogP contribution in [0.4, 0.5) is 17.1 Å². The van der Waals surface area contributed by atoms with Crippen molar-refractivity contribution in [3.63, 3.8) is 0 Å². The summed E-state index contributed by atoms with van der Waals surface area (Å²) in [7, 11) is 3.35. The SMILES string of the molecule is COc1ccc(N(c2ccc(OC)cc2)c2cc[c-]c(-c3[c-]cccc3)c2)cc1.[Ir]. The molecule has 4 aromatic rings. The van der Waals surface area contributed by atoms with E-state index in [9.17, 15) is 0 Å². The second kappa shape index (κ2) is 10.1. The first-order chi connectivity index (χ1) is 14.3. The molecular weight excluding hydrogens is 551 g/mol. The Balaban J connectivity index is 0.00000256. The van der Waals surface area contributed by atoms with Gasteiger partial charge in [-0.25, -0.2) is 11.1 Å². The Hall–Kier alpha value is -3.07. The first-order valence-electron chi connectivity index (χ1n) is 9.35. The molecule has 0 saturated carbocycles. The number of ether oxygens (including phenoxy) is 2. The summed E-state index contributed by atoms with van der Waals surface area (Å²) in [5.41, 5.74) is 5.11. The van der Waals surface area contributed by atoms with Crippen molar-refractivity contribution in [2.75, 3.05) is 19.1 Å². The summed E-state index contributed by atoms with van der Waals surface area (Å²) in [6.45, 7) is 0. The van der Waals surface area contributed by atoms with E-state index in [0.717, 1.165) is 39.7 Å². The van der Waals surface area contributed by atoms with Gasteiger partial charge in [-0.15, -0.1) is 12.1 Å². The molecule has 0 N–H and O–H groups in total. The molecule has 4 aromatic carbocycles. The van der Waals surface area contributed by atoms with E-state index in [1.54, 1.807) is 14.2 Å². The van der Waals surface area contributed by atoms with Gasteiger partial charge < -0.3 is 14.4 Å². The standard InChI is InChI=1S/C26H21NO2.Ir/c1-28-25-15-11-22(12-16-25)27(23-13-17-26(29-2)18-14-23)24-10-6-9-21(19-24)20-7-4-3-5-8-20;/h3-7,10-19H,1-2H3;/q-2;. The fourth-order valence-electron chi connectivity index (χ4n) is 3.22. The van der Waals surface area contributed by atoms with Crippen molar-refractivity contribution in [1.29, 1.82) is 0 Å². The van der Waals surface area contributed by atoms with Gasteiger partial charge in [0, 0.05) is 31.5 Å². The third kappa shape index (κ3) is 4.73. The van der Waals surface area contributed by atoms with Crippen LogP contribution in [0.5, 0.6) is 11.5 Å². The normalized spacial score (nSPS) is 10.1. The zero-order valence-corrected chi connectivity index (χ0v) is 19.2. The molecule has 4 rings (SSSR count). The molecule has 3 nitrogen and oxygen atoms in total. The van der Waals surface area contributed by atoms with Gasteiger partial charge in [0.1, 0.15) is 11.5 Å². The molecule has 0 amide bonds. The summed E-state index contributed by atoms with van der Waals surface area (Å²) in [6.07, 6.45) is 0. The van der Waals surface area contributed by atoms with E-state index in [1.807, 2.05) is 78.9 Å². The Labute approximate surface area is 191 Å². The molecule has 0 saturated heterocycles. The summed E-state index contributed by atoms with van der Waals surface area (Å²) < 4.78 is 10.6. The smallest absolute Gasteiger partial charge is 0.119 e. The van der Waals surface area contributed by atoms with Gasteiger partial charge in [-0.2, -0.15) is 42.5 Å². The topological polar surface area (TPSA) is 21.7 Å². The van der Waals surface area contributed by atoms with Gasteiger partial charge in [0.25, 0.3) is 0 Å². The molecule has 4 heteroatoms. The van der Waals surface area contributed by atoms with E-state index in [2.05, 4.69) is 29.2 Å². The van der Waals surface area contributed by atoms with Crippen LogP contribution in [-0.2, 0) is 20.1 Å². The van der Waals surface area contributed by atoms with Gasteiger partial charge >= 0.3 is 0 Å². The van der Waals surface area contributed by atoms with Gasteiger partial charge in [0.15, 0.2) is 0 Å². The maximum Gasteiger partial charge on any atom is 0.119 e. The summed E-state index contributed by atoms with van der Waals surface area (Å²) in [5, 5.41) is 0. The summed E-state index contributed by atoms with van der Waals surface area (Å²) >= 11 is 0. The van der Waals surface area contributed by atoms with Gasteiger partial charge in [-0.1, -0.05) is 0 Å². The molecule has 0 bridgehead atoms. The van der Waals surface area contributed by atoms with Crippen LogP contribution in [0.2, 0.25) is 0 Å². The summed E-state index contributed by atoms with van der Waals surface area (Å²) in [5.74, 6) is 1.65. The average molecular weight is 572 g/mol. The molecule has 0 fully saturated rings. The minimum Gasteiger partial charge on any atom is -0.497 e. The zero-order chi connectivity index (χ0) is 20.1. The third-order valence-corrected chi connectivity index (χ3v) is 4.70. The molecule has 0 atom stereocenters. The molecule has 1 radical (unpaired) electrons. The molecule has 0 aliphatic heterocycles. The van der Waals surface area contributed by atoms with Crippen LogP contribution in [-0.4, -0.2) is 14.2 Å². The predicted molar refractivity (Wildman–Crippen MR) is 117 cm³/mol. The minimum absolute atomic E-state index is 0. The van der Waals surface area contributed by atoms with Gasteiger partial charge in [0.05, 0.1) is 14.2 Å². The molecule has 0 heterocycles. The molecule has 30 heavy (non-hydrogen) atoms. The van der Waals surface area contributed by atoms with E-state index < -0.39 is 0 Å². The number of benzene rings is 4. The molecular formula is C26H21IrNO2-2. The van der Waals surface area contributed by atoms with Gasteiger partial charge in [0.2, 0.25) is 0 Å². The van der Waals surface area contributed by atoms with Crippen molar-refractivity contribution >= 4 is 17.1 Å². The monoisotopic (exact) mass is 572 g/mol. The first-order valence-corrected chi connectivity index (χ1v) is 9.35. The number of hydrogen-bond donors (Lipinski definition) is 0. The van der Waals surface area contributed by atoms with E-state index in [-0.39, 0.29) is 20.1 Å². The predicted octanol–water partition coefficient (Wildman–Crippen LogP) is 6.44. The third-order valence-electron chi connectivity index (χ3n) is 4.70. The van der Waals surface area contributed by atoms with E-state index in [4.69, 9.17) is 9.47 Å². The van der Waals surface area contributed by atoms with Crippen molar-refractivity contribution in [2.24, 2.45) is 0 Å². The van der Waals surface area contributed by atoms with Gasteiger partial charge in [-0.3, -0.25) is 0 Å². The van der Waals surface area contributed by atoms with Crippen molar-refractivity contribution in [2.45, 2.75) is 0 Å². The van der Waals surface area contributed by atoms with Crippen molar-refractivity contribution < 1.29 is 29.6 Å². The van der Waals surface area contributed by atoms with Crippen LogP contribution in [0.3, 0.4) is 0 Å². The van der Waals surface area contributed by atoms with Crippen molar-refractivity contribution in [1.82, 2.24) is 0 Å². The van der Waals surface area contributed by atoms with Crippen molar-refractivity contribution in [3.8, 4) is 22.6 Å². The molecule has 0 spiro atoms. The van der Waals surface area contributed by atoms with Crippen LogP contribution >= 0.6 is 0 Å². The molecule has 0 aliphatic rings. The fraction of sp³-hybridized carbons (Fsp3) is 0.0769. The largest absolute Gasteiger partial charge is 0.497 e. The Morgan fingerprint density at radius 3 is 1.67 bits per heavy atom. The first kappa shape index (κ1) is 21.6. The van der Waals surface area contributed by atoms with Crippen molar-refractivity contribution in [3.05, 3.63) is 103 Å². The zero-order valence-electron chi connectivity index (χ0n) is 16.8. The second-order valence-electron chi connectivity index (χ2n) is 6.47. The maximum atomic E-state index is 5.32. The Kier molecular flexibility index (Phi) is 7.29. The number of hydrogen-bond acceptors (Lipinski definition) is 3. The maximum absolute atomic E-state index is 5.32. The van der Waals surface area contributed by atoms with E-state index in [0.29, 0.717) is 0 Å². The van der Waals surface area contributed by atoms with Crippen LogP contribution < -0.4 is 14.4 Å². The Bertz CT molecular complexity index is 1020. The van der Waals surface area contributed by atoms with Crippen LogP contribution in [0, 0.1) is 12.1 Å².